The van der Waals surface area contributed by atoms with E-state index in [2.05, 4.69) is 9.88 Å². The number of aliphatic hydroxyl groups is 1. The van der Waals surface area contributed by atoms with E-state index in [9.17, 15) is 0 Å². The Morgan fingerprint density at radius 2 is 2.14 bits per heavy atom. The molecule has 1 rings (SSSR count). The standard InChI is InChI=1S/C9H17N3OS/c1-11(2)9-10-6-8(14-9)7-12(3)4-5-13/h6,13H,4-5,7H2,1-3H3. The van der Waals surface area contributed by atoms with Crippen LogP contribution in [0.4, 0.5) is 5.13 Å². The molecule has 5 heteroatoms. The first-order valence-corrected chi connectivity index (χ1v) is 5.36. The highest BCUT2D eigenvalue weighted by Gasteiger charge is 2.05. The highest BCUT2D eigenvalue weighted by Crippen LogP contribution is 2.21. The summed E-state index contributed by atoms with van der Waals surface area (Å²) in [7, 11) is 5.96. The summed E-state index contributed by atoms with van der Waals surface area (Å²) >= 11 is 1.69. The van der Waals surface area contributed by atoms with Crippen LogP contribution < -0.4 is 4.90 Å². The van der Waals surface area contributed by atoms with Crippen LogP contribution in [0.2, 0.25) is 0 Å². The lowest BCUT2D eigenvalue weighted by atomic mass is 10.5. The summed E-state index contributed by atoms with van der Waals surface area (Å²) in [5.74, 6) is 0. The van der Waals surface area contributed by atoms with Gasteiger partial charge in [-0.25, -0.2) is 4.98 Å². The van der Waals surface area contributed by atoms with Gasteiger partial charge in [0.2, 0.25) is 0 Å². The van der Waals surface area contributed by atoms with Crippen molar-refractivity contribution in [3.05, 3.63) is 11.1 Å². The third kappa shape index (κ3) is 3.25. The minimum absolute atomic E-state index is 0.204. The minimum atomic E-state index is 0.204. The van der Waals surface area contributed by atoms with E-state index in [0.29, 0.717) is 6.54 Å². The van der Waals surface area contributed by atoms with Gasteiger partial charge in [0.15, 0.2) is 5.13 Å². The minimum Gasteiger partial charge on any atom is -0.395 e. The third-order valence-electron chi connectivity index (χ3n) is 1.83. The fraction of sp³-hybridized carbons (Fsp3) is 0.667. The van der Waals surface area contributed by atoms with Crippen LogP contribution in [0.1, 0.15) is 4.88 Å². The maximum absolute atomic E-state index is 8.75. The molecule has 0 fully saturated rings. The van der Waals surface area contributed by atoms with Crippen molar-refractivity contribution in [2.75, 3.05) is 39.2 Å². The van der Waals surface area contributed by atoms with Crippen LogP contribution in [0.15, 0.2) is 6.20 Å². The highest BCUT2D eigenvalue weighted by atomic mass is 32.1. The van der Waals surface area contributed by atoms with Crippen LogP contribution in [0, 0.1) is 0 Å². The summed E-state index contributed by atoms with van der Waals surface area (Å²) in [5.41, 5.74) is 0. The molecule has 14 heavy (non-hydrogen) atoms. The van der Waals surface area contributed by atoms with Gasteiger partial charge in [0.25, 0.3) is 0 Å². The van der Waals surface area contributed by atoms with Crippen LogP contribution in [0.5, 0.6) is 0 Å². The Morgan fingerprint density at radius 1 is 1.43 bits per heavy atom. The van der Waals surface area contributed by atoms with Gasteiger partial charge in [0.1, 0.15) is 0 Å². The van der Waals surface area contributed by atoms with Gasteiger partial charge in [-0.15, -0.1) is 11.3 Å². The zero-order valence-electron chi connectivity index (χ0n) is 8.90. The Bertz CT molecular complexity index is 275. The molecule has 0 aliphatic rings. The van der Waals surface area contributed by atoms with Gasteiger partial charge in [-0.1, -0.05) is 0 Å². The van der Waals surface area contributed by atoms with Crippen molar-refractivity contribution in [3.8, 4) is 0 Å². The predicted molar refractivity (Wildman–Crippen MR) is 59.9 cm³/mol. The molecule has 0 amide bonds. The van der Waals surface area contributed by atoms with Crippen molar-refractivity contribution >= 4 is 16.5 Å². The lowest BCUT2D eigenvalue weighted by Gasteiger charge is -2.12. The second-order valence-electron chi connectivity index (χ2n) is 3.46. The molecule has 0 saturated carbocycles. The third-order valence-corrected chi connectivity index (χ3v) is 2.98. The molecular formula is C9H17N3OS. The van der Waals surface area contributed by atoms with Crippen molar-refractivity contribution in [2.45, 2.75) is 6.54 Å². The van der Waals surface area contributed by atoms with Gasteiger partial charge < -0.3 is 10.0 Å². The summed E-state index contributed by atoms with van der Waals surface area (Å²) in [6.45, 7) is 1.76. The molecule has 0 radical (unpaired) electrons. The average molecular weight is 215 g/mol. The van der Waals surface area contributed by atoms with Gasteiger partial charge in [-0.2, -0.15) is 0 Å². The Labute approximate surface area is 88.8 Å². The van der Waals surface area contributed by atoms with E-state index < -0.39 is 0 Å². The van der Waals surface area contributed by atoms with Crippen molar-refractivity contribution in [1.82, 2.24) is 9.88 Å². The Hall–Kier alpha value is -0.650. The molecule has 0 bridgehead atoms. The summed E-state index contributed by atoms with van der Waals surface area (Å²) in [4.78, 5) is 9.59. The maximum atomic E-state index is 8.75. The molecule has 1 aromatic heterocycles. The number of aromatic nitrogens is 1. The number of nitrogens with zero attached hydrogens (tertiary/aromatic N) is 3. The summed E-state index contributed by atoms with van der Waals surface area (Å²) in [6, 6.07) is 0. The summed E-state index contributed by atoms with van der Waals surface area (Å²) < 4.78 is 0. The lowest BCUT2D eigenvalue weighted by molar-refractivity contribution is 0.218. The average Bonchev–Trinajstić information content (AvgIpc) is 2.53. The van der Waals surface area contributed by atoms with Crippen molar-refractivity contribution in [1.29, 1.82) is 0 Å². The number of aliphatic hydroxyl groups excluding tert-OH is 1. The SMILES string of the molecule is CN(CCO)Cc1cnc(N(C)C)s1. The second-order valence-corrected chi connectivity index (χ2v) is 4.56. The molecule has 0 spiro atoms. The van der Waals surface area contributed by atoms with Gasteiger partial charge in [0.05, 0.1) is 6.61 Å². The molecule has 1 heterocycles. The highest BCUT2D eigenvalue weighted by molar-refractivity contribution is 7.15. The maximum Gasteiger partial charge on any atom is 0.185 e. The van der Waals surface area contributed by atoms with Crippen molar-refractivity contribution < 1.29 is 5.11 Å². The first kappa shape index (κ1) is 11.4. The van der Waals surface area contributed by atoms with E-state index in [1.807, 2.05) is 32.2 Å². The Balaban J connectivity index is 2.51. The van der Waals surface area contributed by atoms with Crippen LogP contribution in [0.25, 0.3) is 0 Å². The number of likely N-dealkylation sites (N-methyl/N-ethyl adjacent to an activating group) is 1. The zero-order valence-corrected chi connectivity index (χ0v) is 9.71. The smallest absolute Gasteiger partial charge is 0.185 e. The van der Waals surface area contributed by atoms with Crippen LogP contribution in [0.3, 0.4) is 0 Å². The number of hydrogen-bond acceptors (Lipinski definition) is 5. The van der Waals surface area contributed by atoms with Crippen molar-refractivity contribution in [2.24, 2.45) is 0 Å². The molecule has 0 aliphatic heterocycles. The van der Waals surface area contributed by atoms with Crippen LogP contribution in [-0.2, 0) is 6.54 Å². The van der Waals surface area contributed by atoms with Gasteiger partial charge in [-0.05, 0) is 7.05 Å². The number of rotatable bonds is 5. The van der Waals surface area contributed by atoms with E-state index in [0.717, 1.165) is 11.7 Å². The van der Waals surface area contributed by atoms with E-state index in [-0.39, 0.29) is 6.61 Å². The van der Waals surface area contributed by atoms with Crippen LogP contribution >= 0.6 is 11.3 Å². The fourth-order valence-corrected chi connectivity index (χ4v) is 2.01. The largest absolute Gasteiger partial charge is 0.395 e. The van der Waals surface area contributed by atoms with E-state index >= 15 is 0 Å². The van der Waals surface area contributed by atoms with E-state index in [4.69, 9.17) is 5.11 Å². The second kappa shape index (κ2) is 5.29. The first-order chi connectivity index (χ1) is 6.63. The normalized spacial score (nSPS) is 10.9. The molecular weight excluding hydrogens is 198 g/mol. The quantitative estimate of drug-likeness (QED) is 0.782. The Morgan fingerprint density at radius 3 is 2.64 bits per heavy atom. The summed E-state index contributed by atoms with van der Waals surface area (Å²) in [5, 5.41) is 9.77. The molecule has 4 nitrogen and oxygen atoms in total. The fourth-order valence-electron chi connectivity index (χ4n) is 1.09. The summed E-state index contributed by atoms with van der Waals surface area (Å²) in [6.07, 6.45) is 1.90. The molecule has 0 saturated heterocycles. The molecule has 0 aliphatic carbocycles. The Kier molecular flexibility index (Phi) is 4.31. The molecule has 0 unspecified atom stereocenters. The van der Waals surface area contributed by atoms with Gasteiger partial charge in [0, 0.05) is 38.3 Å². The lowest BCUT2D eigenvalue weighted by Crippen LogP contribution is -2.20. The van der Waals surface area contributed by atoms with Gasteiger partial charge in [-0.3, -0.25) is 4.90 Å². The number of thiazole rings is 1. The predicted octanol–water partition coefficient (Wildman–Crippen LogP) is 0.633. The van der Waals surface area contributed by atoms with Crippen molar-refractivity contribution in [3.63, 3.8) is 0 Å². The first-order valence-electron chi connectivity index (χ1n) is 4.55. The zero-order chi connectivity index (χ0) is 10.6. The topological polar surface area (TPSA) is 39.6 Å². The van der Waals surface area contributed by atoms with Gasteiger partial charge >= 0.3 is 0 Å². The number of hydrogen-bond donors (Lipinski definition) is 1. The molecule has 1 aromatic rings. The van der Waals surface area contributed by atoms with Crippen LogP contribution in [-0.4, -0.2) is 49.3 Å². The molecule has 0 aromatic carbocycles. The molecule has 1 N–H and O–H groups in total. The van der Waals surface area contributed by atoms with E-state index in [1.165, 1.54) is 4.88 Å². The molecule has 0 atom stereocenters. The molecule has 80 valence electrons. The monoisotopic (exact) mass is 215 g/mol. The van der Waals surface area contributed by atoms with E-state index in [1.54, 1.807) is 11.3 Å². The number of anilines is 1.